The lowest BCUT2D eigenvalue weighted by Crippen LogP contribution is -2.41. The average molecular weight is 379 g/mol. The van der Waals surface area contributed by atoms with Crippen LogP contribution in [0.25, 0.3) is 0 Å². The number of amides is 1. The van der Waals surface area contributed by atoms with Gasteiger partial charge in [-0.3, -0.25) is 4.79 Å². The first kappa shape index (κ1) is 22.9. The predicted molar refractivity (Wildman–Crippen MR) is 97.4 cm³/mol. The van der Waals surface area contributed by atoms with Gasteiger partial charge in [-0.1, -0.05) is 13.8 Å². The molecule has 0 saturated carbocycles. The summed E-state index contributed by atoms with van der Waals surface area (Å²) in [6.07, 6.45) is 0.797. The second kappa shape index (κ2) is 10.7. The zero-order chi connectivity index (χ0) is 17.5. The molecule has 0 fully saturated rings. The van der Waals surface area contributed by atoms with Gasteiger partial charge in [-0.15, -0.1) is 12.4 Å². The van der Waals surface area contributed by atoms with E-state index in [1.54, 1.807) is 0 Å². The van der Waals surface area contributed by atoms with Crippen molar-refractivity contribution in [3.63, 3.8) is 0 Å². The summed E-state index contributed by atoms with van der Waals surface area (Å²) < 4.78 is 28.8. The molecule has 6 nitrogen and oxygen atoms in total. The third kappa shape index (κ3) is 7.17. The second-order valence-corrected chi connectivity index (χ2v) is 7.98. The van der Waals surface area contributed by atoms with Gasteiger partial charge in [0, 0.05) is 25.3 Å². The highest BCUT2D eigenvalue weighted by Gasteiger charge is 2.17. The molecule has 0 aromatic heterocycles. The highest BCUT2D eigenvalue weighted by atomic mass is 35.5. The maximum Gasteiger partial charge on any atom is 0.251 e. The average Bonchev–Trinajstić information content (AvgIpc) is 2.52. The molecular formula is C16H27ClN2O4S. The highest BCUT2D eigenvalue weighted by molar-refractivity contribution is 7.91. The van der Waals surface area contributed by atoms with Crippen LogP contribution < -0.4 is 11.1 Å². The fourth-order valence-electron chi connectivity index (χ4n) is 2.18. The van der Waals surface area contributed by atoms with Crippen LogP contribution in [-0.2, 0) is 14.6 Å². The van der Waals surface area contributed by atoms with Crippen molar-refractivity contribution in [3.8, 4) is 0 Å². The van der Waals surface area contributed by atoms with E-state index in [0.717, 1.165) is 6.42 Å². The number of hydrogen-bond acceptors (Lipinski definition) is 5. The molecule has 0 bridgehead atoms. The van der Waals surface area contributed by atoms with Gasteiger partial charge in [-0.25, -0.2) is 8.42 Å². The number of benzene rings is 1. The first-order chi connectivity index (χ1) is 10.8. The Morgan fingerprint density at radius 2 is 1.83 bits per heavy atom. The van der Waals surface area contributed by atoms with Gasteiger partial charge in [-0.05, 0) is 36.6 Å². The smallest absolute Gasteiger partial charge is 0.251 e. The number of nitrogens with one attached hydrogen (secondary N) is 1. The first-order valence-electron chi connectivity index (χ1n) is 7.62. The molecule has 1 atom stereocenters. The molecule has 0 aliphatic rings. The number of hydrogen-bond donors (Lipinski definition) is 2. The van der Waals surface area contributed by atoms with Crippen LogP contribution in [0.4, 0.5) is 0 Å². The predicted octanol–water partition coefficient (Wildman–Crippen LogP) is 1.63. The van der Waals surface area contributed by atoms with Gasteiger partial charge < -0.3 is 15.8 Å². The van der Waals surface area contributed by atoms with Gasteiger partial charge in [0.25, 0.3) is 5.91 Å². The Morgan fingerprint density at radius 1 is 1.25 bits per heavy atom. The van der Waals surface area contributed by atoms with E-state index in [4.69, 9.17) is 10.5 Å². The summed E-state index contributed by atoms with van der Waals surface area (Å²) in [5.74, 6) is 0.0951. The summed E-state index contributed by atoms with van der Waals surface area (Å²) in [6.45, 7) is 4.63. The molecule has 0 aliphatic carbocycles. The van der Waals surface area contributed by atoms with Crippen molar-refractivity contribution >= 4 is 28.2 Å². The maximum atomic E-state index is 12.2. The SMILES string of the molecule is COCCS(=O)(=O)c1ccc(C(=O)NC(CN)CC(C)C)cc1.Cl. The molecule has 0 aliphatic heterocycles. The number of sulfone groups is 1. The Morgan fingerprint density at radius 3 is 2.29 bits per heavy atom. The number of rotatable bonds is 9. The van der Waals surface area contributed by atoms with Crippen LogP contribution in [0.2, 0.25) is 0 Å². The lowest BCUT2D eigenvalue weighted by atomic mass is 10.0. The van der Waals surface area contributed by atoms with Gasteiger partial charge in [0.2, 0.25) is 0 Å². The first-order valence-corrected chi connectivity index (χ1v) is 9.28. The van der Waals surface area contributed by atoms with Crippen LogP contribution in [-0.4, -0.2) is 46.4 Å². The van der Waals surface area contributed by atoms with E-state index in [9.17, 15) is 13.2 Å². The number of carbonyl (C=O) groups is 1. The molecule has 0 spiro atoms. The number of methoxy groups -OCH3 is 1. The van der Waals surface area contributed by atoms with E-state index >= 15 is 0 Å². The van der Waals surface area contributed by atoms with E-state index in [2.05, 4.69) is 19.2 Å². The topological polar surface area (TPSA) is 98.5 Å². The number of nitrogens with two attached hydrogens (primary N) is 1. The number of carbonyl (C=O) groups excluding carboxylic acids is 1. The van der Waals surface area contributed by atoms with Crippen molar-refractivity contribution in [1.82, 2.24) is 5.32 Å². The normalized spacial score (nSPS) is 12.5. The molecule has 1 amide bonds. The van der Waals surface area contributed by atoms with Gasteiger partial charge in [0.1, 0.15) is 0 Å². The fourth-order valence-corrected chi connectivity index (χ4v) is 3.35. The molecule has 1 rings (SSSR count). The zero-order valence-corrected chi connectivity index (χ0v) is 16.0. The Labute approximate surface area is 150 Å². The van der Waals surface area contributed by atoms with Crippen molar-refractivity contribution in [2.45, 2.75) is 31.2 Å². The van der Waals surface area contributed by atoms with Crippen molar-refractivity contribution in [1.29, 1.82) is 0 Å². The molecule has 3 N–H and O–H groups in total. The van der Waals surface area contributed by atoms with E-state index in [1.165, 1.54) is 31.4 Å². The maximum absolute atomic E-state index is 12.2. The number of ether oxygens (including phenoxy) is 1. The molecule has 1 aromatic carbocycles. The van der Waals surface area contributed by atoms with Gasteiger partial charge >= 0.3 is 0 Å². The zero-order valence-electron chi connectivity index (χ0n) is 14.3. The second-order valence-electron chi connectivity index (χ2n) is 5.87. The third-order valence-electron chi connectivity index (χ3n) is 3.41. The van der Waals surface area contributed by atoms with Crippen LogP contribution >= 0.6 is 12.4 Å². The molecule has 1 aromatic rings. The van der Waals surface area contributed by atoms with Crippen molar-refractivity contribution in [2.24, 2.45) is 11.7 Å². The molecule has 0 heterocycles. The highest BCUT2D eigenvalue weighted by Crippen LogP contribution is 2.13. The van der Waals surface area contributed by atoms with Crippen LogP contribution in [0.3, 0.4) is 0 Å². The minimum Gasteiger partial charge on any atom is -0.384 e. The largest absolute Gasteiger partial charge is 0.384 e. The molecule has 138 valence electrons. The summed E-state index contributed by atoms with van der Waals surface area (Å²) in [5.41, 5.74) is 6.08. The van der Waals surface area contributed by atoms with E-state index in [0.29, 0.717) is 18.0 Å². The van der Waals surface area contributed by atoms with Gasteiger partial charge in [-0.2, -0.15) is 0 Å². The van der Waals surface area contributed by atoms with Crippen LogP contribution in [0.15, 0.2) is 29.2 Å². The van der Waals surface area contributed by atoms with Crippen molar-refractivity contribution in [2.75, 3.05) is 26.0 Å². The van der Waals surface area contributed by atoms with Gasteiger partial charge in [0.05, 0.1) is 17.3 Å². The minimum atomic E-state index is -3.39. The minimum absolute atomic E-state index is 0. The van der Waals surface area contributed by atoms with Crippen LogP contribution in [0.1, 0.15) is 30.6 Å². The summed E-state index contributed by atoms with van der Waals surface area (Å²) in [7, 11) is -1.93. The van der Waals surface area contributed by atoms with Gasteiger partial charge in [0.15, 0.2) is 9.84 Å². The van der Waals surface area contributed by atoms with E-state index < -0.39 is 9.84 Å². The van der Waals surface area contributed by atoms with Crippen LogP contribution in [0.5, 0.6) is 0 Å². The molecule has 8 heteroatoms. The van der Waals surface area contributed by atoms with Crippen molar-refractivity contribution in [3.05, 3.63) is 29.8 Å². The Bertz CT molecular complexity index is 603. The Balaban J connectivity index is 0.00000529. The Kier molecular flexibility index (Phi) is 10.1. The molecule has 24 heavy (non-hydrogen) atoms. The summed E-state index contributed by atoms with van der Waals surface area (Å²) in [5, 5.41) is 2.87. The monoisotopic (exact) mass is 378 g/mol. The summed E-state index contributed by atoms with van der Waals surface area (Å²) in [6, 6.07) is 5.82. The van der Waals surface area contributed by atoms with Crippen molar-refractivity contribution < 1.29 is 17.9 Å². The molecular weight excluding hydrogens is 352 g/mol. The van der Waals surface area contributed by atoms with E-state index in [-0.39, 0.29) is 41.6 Å². The third-order valence-corrected chi connectivity index (χ3v) is 5.10. The van der Waals surface area contributed by atoms with E-state index in [1.807, 2.05) is 0 Å². The molecule has 0 saturated heterocycles. The Hall–Kier alpha value is -1.15. The summed E-state index contributed by atoms with van der Waals surface area (Å²) >= 11 is 0. The fraction of sp³-hybridized carbons (Fsp3) is 0.562. The lowest BCUT2D eigenvalue weighted by Gasteiger charge is -2.18. The van der Waals surface area contributed by atoms with Crippen LogP contribution in [0, 0.1) is 5.92 Å². The standard InChI is InChI=1S/C16H26N2O4S.ClH/c1-12(2)10-14(11-17)18-16(19)13-4-6-15(7-5-13)23(20,21)9-8-22-3;/h4-7,12,14H,8-11,17H2,1-3H3,(H,18,19);1H. The summed E-state index contributed by atoms with van der Waals surface area (Å²) in [4.78, 5) is 12.4. The molecule has 0 radical (unpaired) electrons. The lowest BCUT2D eigenvalue weighted by molar-refractivity contribution is 0.0933. The molecule has 1 unspecified atom stereocenters. The quantitative estimate of drug-likeness (QED) is 0.680. The number of halogens is 1.